The fraction of sp³-hybridized carbons (Fsp3) is 0.465. The largest absolute Gasteiger partial charge is 0.497 e. The van der Waals surface area contributed by atoms with Gasteiger partial charge in [-0.2, -0.15) is 11.8 Å². The number of benzene rings is 4. The highest BCUT2D eigenvalue weighted by Gasteiger charge is 2.49. The minimum absolute atomic E-state index is 0.00257. The Hall–Kier alpha value is -9.67. The third-order valence-corrected chi connectivity index (χ3v) is 20.9. The first-order valence-corrected chi connectivity index (χ1v) is 36.4. The summed E-state index contributed by atoms with van der Waals surface area (Å²) in [5.74, 6) is -5.55. The van der Waals surface area contributed by atoms with E-state index < -0.39 is 113 Å². The van der Waals surface area contributed by atoms with E-state index in [1.54, 1.807) is 31.2 Å². The van der Waals surface area contributed by atoms with Crippen molar-refractivity contribution in [3.05, 3.63) is 147 Å². The summed E-state index contributed by atoms with van der Waals surface area (Å²) < 4.78 is 35.5. The Bertz CT molecular complexity index is 4100. The number of methoxy groups -OCH3 is 1. The number of fused-ring (bicyclic) bond motifs is 8. The maximum atomic E-state index is 15.8. The highest BCUT2D eigenvalue weighted by molar-refractivity contribution is 7.99. The summed E-state index contributed by atoms with van der Waals surface area (Å²) >= 11 is 3.02. The molecule has 0 radical (unpaired) electrons. The van der Waals surface area contributed by atoms with Crippen LogP contribution in [0, 0.1) is 11.6 Å². The number of H-pyrrole nitrogens is 2. The second-order valence-electron chi connectivity index (χ2n) is 26.2. The molecule has 3 saturated heterocycles. The van der Waals surface area contributed by atoms with Gasteiger partial charge >= 0.3 is 0 Å². The maximum Gasteiger partial charge on any atom is 0.246 e. The van der Waals surface area contributed by atoms with Gasteiger partial charge in [0.05, 0.1) is 13.0 Å². The van der Waals surface area contributed by atoms with Gasteiger partial charge in [0.15, 0.2) is 0 Å². The van der Waals surface area contributed by atoms with Crippen LogP contribution < -0.4 is 47.3 Å². The number of hydrogen-bond acceptors (Lipinski definition) is 14. The van der Waals surface area contributed by atoms with Crippen molar-refractivity contribution >= 4 is 104 Å². The Morgan fingerprint density at radius 1 is 0.653 bits per heavy atom. The molecule has 101 heavy (non-hydrogen) atoms. The van der Waals surface area contributed by atoms with Crippen molar-refractivity contribution in [2.24, 2.45) is 5.11 Å². The van der Waals surface area contributed by atoms with Crippen molar-refractivity contribution in [2.75, 3.05) is 44.1 Å². The number of nitrogens with zero attached hydrogens (tertiary/aromatic N) is 5. The van der Waals surface area contributed by atoms with Crippen LogP contribution in [0.4, 0.5) is 8.78 Å². The number of aromatic nitrogens is 2. The average molecular weight is 1430 g/mol. The van der Waals surface area contributed by atoms with E-state index in [-0.39, 0.29) is 102 Å². The van der Waals surface area contributed by atoms with Crippen molar-refractivity contribution in [3.8, 4) is 5.75 Å². The minimum atomic E-state index is -1.62. The Kier molecular flexibility index (Phi) is 25.4. The number of ether oxygens (including phenoxy) is 1. The van der Waals surface area contributed by atoms with Crippen LogP contribution in [-0.4, -0.2) is 177 Å². The molecule has 3 fully saturated rings. The lowest BCUT2D eigenvalue weighted by molar-refractivity contribution is -0.146. The topological polar surface area (TPSA) is 363 Å². The first kappa shape index (κ1) is 74.0. The van der Waals surface area contributed by atoms with E-state index in [2.05, 4.69) is 68.6 Å². The van der Waals surface area contributed by atoms with Crippen molar-refractivity contribution in [2.45, 2.75) is 163 Å². The zero-order valence-corrected chi connectivity index (χ0v) is 58.1. The molecule has 10 rings (SSSR count). The summed E-state index contributed by atoms with van der Waals surface area (Å²) in [5, 5.41) is 27.1. The average Bonchev–Trinajstić information content (AvgIpc) is 1.69. The number of amides is 10. The van der Waals surface area contributed by atoms with Crippen LogP contribution in [0.25, 0.3) is 32.2 Å². The number of aryl methyl sites for hydroxylation is 1. The maximum absolute atomic E-state index is 15.8. The molecule has 2 aromatic heterocycles. The fourth-order valence-electron chi connectivity index (χ4n) is 13.5. The van der Waals surface area contributed by atoms with Crippen LogP contribution in [0.2, 0.25) is 0 Å². The van der Waals surface area contributed by atoms with Gasteiger partial charge in [-0.05, 0) is 153 Å². The summed E-state index contributed by atoms with van der Waals surface area (Å²) in [4.78, 5) is 159. The molecule has 10 amide bonds. The van der Waals surface area contributed by atoms with E-state index in [1.165, 1.54) is 96.1 Å². The van der Waals surface area contributed by atoms with Crippen LogP contribution in [0.3, 0.4) is 0 Å². The van der Waals surface area contributed by atoms with Crippen LogP contribution in [0.15, 0.2) is 102 Å². The van der Waals surface area contributed by atoms with Gasteiger partial charge in [-0.25, -0.2) is 8.78 Å². The van der Waals surface area contributed by atoms with Gasteiger partial charge in [0, 0.05) is 108 Å². The quantitative estimate of drug-likeness (QED) is 0.0322. The first-order chi connectivity index (χ1) is 48.7. The van der Waals surface area contributed by atoms with Gasteiger partial charge in [0.2, 0.25) is 59.1 Å². The fourth-order valence-corrected chi connectivity index (χ4v) is 15.1. The normalized spacial score (nSPS) is 24.9. The number of carbonyl (C=O) groups excluding carboxylic acids is 10. The van der Waals surface area contributed by atoms with Crippen molar-refractivity contribution < 1.29 is 61.5 Å². The summed E-state index contributed by atoms with van der Waals surface area (Å²) in [7, 11) is 1.52. The van der Waals surface area contributed by atoms with Gasteiger partial charge in [-0.1, -0.05) is 47.9 Å². The number of halogens is 2. The van der Waals surface area contributed by atoms with Crippen LogP contribution in [0.5, 0.6) is 5.75 Å². The molecule has 4 aliphatic heterocycles. The van der Waals surface area contributed by atoms with Crippen LogP contribution in [0.1, 0.15) is 106 Å². The van der Waals surface area contributed by atoms with Crippen molar-refractivity contribution in [3.63, 3.8) is 0 Å². The molecule has 10 N–H and O–H groups in total. The number of carbonyl (C=O) groups is 10. The van der Waals surface area contributed by atoms with Gasteiger partial charge in [0.25, 0.3) is 0 Å². The molecular formula is C71H85F2N15O11S2. The SMILES string of the molecule is COc1ccc(C[C@@H]2NC(=O)[C@@H]3CCCCC(=O)N[C@H]4C[C@@H](C(=O)N3)N(C4)C(=O)[C@H](Cc3c[nH]c4ccc(F)cc34)NC(=O)[C@H](Cc3c[nH]c4ccc(F)cc34)NC(=O)[C@@H](C)NC(=O)[C@H](CCCN=[N+]=[N-])NC(=O)CCSCc3cccc(c3)CCSCNC(=O)[C@]3(C)CCCN3C2=O)cc1. The molecule has 0 unspecified atom stereocenters. The molecule has 0 saturated carbocycles. The lowest BCUT2D eigenvalue weighted by Gasteiger charge is -2.36. The standard InChI is InChI=1S/C71H85F2N15O11S2/c1-41-63(91)83-57(31-45-36-75-53-20-16-47(72)33-51(45)53)66(94)85-59(32-46-37-76-54-21-17-48(73)34-52(46)54)68(96)87-38-49-35-60(87)67(95)82-56(11-4-5-13-61(89)80-49)65(93)84-58(30-43-14-18-50(99-3)19-15-43)69(97)88-26-8-24-71(88,2)70(98)77-40-101-27-22-42-9-6-10-44(29-42)39-100-28-23-62(90)81-55(64(92)79-41)12-7-25-78-86-74/h6,9-10,14-21,29,33-34,36-37,41,49,55-60,75-76H,4-5,7-8,11-13,22-28,30-32,35,38-40H2,1-3H3,(H,77,98)(H,79,92)(H,80,89)(H,81,90)(H,82,95)(H,83,91)(H,84,93)(H,85,94)/t41-,49+,55+,56+,57+,58+,59+,60+,71+/m1/s1. The zero-order chi connectivity index (χ0) is 71.7. The van der Waals surface area contributed by atoms with E-state index in [4.69, 9.17) is 10.3 Å². The van der Waals surface area contributed by atoms with Gasteiger partial charge in [0.1, 0.15) is 65.2 Å². The van der Waals surface area contributed by atoms with Crippen molar-refractivity contribution in [1.29, 1.82) is 0 Å². The number of hydrogen-bond donors (Lipinski definition) is 10. The molecule has 0 spiro atoms. The number of azide groups is 1. The molecule has 0 aliphatic carbocycles. The van der Waals surface area contributed by atoms with Crippen LogP contribution >= 0.6 is 23.5 Å². The molecule has 4 aromatic carbocycles. The zero-order valence-electron chi connectivity index (χ0n) is 56.5. The predicted octanol–water partition coefficient (Wildman–Crippen LogP) is 5.71. The predicted molar refractivity (Wildman–Crippen MR) is 377 cm³/mol. The summed E-state index contributed by atoms with van der Waals surface area (Å²) in [6, 6.07) is 12.3. The molecule has 6 aromatic rings. The lowest BCUT2D eigenvalue weighted by atomic mass is 9.95. The van der Waals surface area contributed by atoms with Gasteiger partial charge in [-0.15, -0.1) is 11.8 Å². The second kappa shape index (κ2) is 34.6. The van der Waals surface area contributed by atoms with Gasteiger partial charge in [-0.3, -0.25) is 47.9 Å². The number of thioether (sulfide) groups is 2. The molecule has 9 atom stereocenters. The molecule has 536 valence electrons. The molecular weight excluding hydrogens is 1340 g/mol. The summed E-state index contributed by atoms with van der Waals surface area (Å²) in [6.07, 6.45) is 4.53. The van der Waals surface area contributed by atoms with E-state index in [1.807, 2.05) is 18.2 Å². The molecule has 6 heterocycles. The lowest BCUT2D eigenvalue weighted by Crippen LogP contribution is -2.62. The monoisotopic (exact) mass is 1430 g/mol. The van der Waals surface area contributed by atoms with Crippen molar-refractivity contribution in [1.82, 2.24) is 62.3 Å². The van der Waals surface area contributed by atoms with E-state index >= 15 is 28.4 Å². The third kappa shape index (κ3) is 19.3. The second-order valence-corrected chi connectivity index (χ2v) is 28.4. The smallest absolute Gasteiger partial charge is 0.246 e. The Morgan fingerprint density at radius 3 is 2.02 bits per heavy atom. The molecule has 30 heteroatoms. The molecule has 26 nitrogen and oxygen atoms in total. The van der Waals surface area contributed by atoms with E-state index in [0.29, 0.717) is 87.2 Å². The van der Waals surface area contributed by atoms with E-state index in [9.17, 15) is 28.4 Å². The number of nitrogens with one attached hydrogen (secondary N) is 10. The van der Waals surface area contributed by atoms with Gasteiger partial charge < -0.3 is 67.0 Å². The number of aromatic amines is 2. The molecule has 5 bridgehead atoms. The Labute approximate surface area is 590 Å². The van der Waals surface area contributed by atoms with E-state index in [0.717, 1.165) is 11.1 Å². The Morgan fingerprint density at radius 2 is 1.31 bits per heavy atom. The minimum Gasteiger partial charge on any atom is -0.497 e. The third-order valence-electron chi connectivity index (χ3n) is 19.0. The highest BCUT2D eigenvalue weighted by atomic mass is 32.2. The number of rotatable bonds is 11. The Balaban J connectivity index is 0.989. The first-order valence-electron chi connectivity index (χ1n) is 34.1. The molecule has 4 aliphatic rings. The summed E-state index contributed by atoms with van der Waals surface area (Å²) in [5.41, 5.74) is 12.1. The highest BCUT2D eigenvalue weighted by Crippen LogP contribution is 2.32. The van der Waals surface area contributed by atoms with Crippen LogP contribution in [-0.2, 0) is 79.4 Å². The summed E-state index contributed by atoms with van der Waals surface area (Å²) in [6.45, 7) is 3.02.